The number of nitrogens with zero attached hydrogens (tertiary/aromatic N) is 2. The lowest BCUT2D eigenvalue weighted by atomic mass is 10.6. The summed E-state index contributed by atoms with van der Waals surface area (Å²) < 4.78 is 5.20. The van der Waals surface area contributed by atoms with E-state index < -0.39 is 0 Å². The summed E-state index contributed by atoms with van der Waals surface area (Å²) in [4.78, 5) is 6.27. The predicted molar refractivity (Wildman–Crippen MR) is 29.8 cm³/mol. The topological polar surface area (TPSA) is 24.8 Å². The van der Waals surface area contributed by atoms with Crippen molar-refractivity contribution in [2.24, 2.45) is 4.99 Å². The molecule has 0 spiro atoms. The van der Waals surface area contributed by atoms with Gasteiger partial charge in [-0.15, -0.1) is 0 Å². The van der Waals surface area contributed by atoms with Gasteiger partial charge in [-0.25, -0.2) is 0 Å². The van der Waals surface area contributed by atoms with Gasteiger partial charge in [0, 0.05) is 19.3 Å². The molecule has 0 saturated carbocycles. The van der Waals surface area contributed by atoms with Gasteiger partial charge in [-0.05, 0) is 0 Å². The number of rotatable bonds is 0. The Morgan fingerprint density at radius 2 is 2.75 bits per heavy atom. The molecule has 3 nitrogen and oxygen atoms in total. The van der Waals surface area contributed by atoms with E-state index in [9.17, 15) is 0 Å². The fourth-order valence-electron chi connectivity index (χ4n) is 1.05. The second kappa shape index (κ2) is 1.53. The summed E-state index contributed by atoms with van der Waals surface area (Å²) in [6.45, 7) is 2.87. The zero-order valence-corrected chi connectivity index (χ0v) is 4.58. The molecule has 2 aliphatic heterocycles. The summed E-state index contributed by atoms with van der Waals surface area (Å²) >= 11 is 0. The van der Waals surface area contributed by atoms with Crippen LogP contribution >= 0.6 is 0 Å². The summed E-state index contributed by atoms with van der Waals surface area (Å²) in [5.74, 6) is 0. The lowest BCUT2D eigenvalue weighted by Crippen LogP contribution is -2.23. The monoisotopic (exact) mass is 112 g/mol. The van der Waals surface area contributed by atoms with E-state index in [2.05, 4.69) is 9.89 Å². The molecule has 0 aliphatic carbocycles. The molecular weight excluding hydrogens is 104 g/mol. The van der Waals surface area contributed by atoms with E-state index in [1.54, 1.807) is 0 Å². The Bertz CT molecular complexity index is 124. The first-order valence-corrected chi connectivity index (χ1v) is 2.84. The van der Waals surface area contributed by atoms with Crippen LogP contribution in [0.25, 0.3) is 0 Å². The van der Waals surface area contributed by atoms with Crippen LogP contribution in [0.3, 0.4) is 0 Å². The van der Waals surface area contributed by atoms with Crippen LogP contribution in [0.2, 0.25) is 0 Å². The average molecular weight is 112 g/mol. The Kier molecular flexibility index (Phi) is 0.856. The Morgan fingerprint density at radius 1 is 1.75 bits per heavy atom. The van der Waals surface area contributed by atoms with Gasteiger partial charge in [0.1, 0.15) is 0 Å². The number of fused-ring (bicyclic) bond motifs is 1. The zero-order chi connectivity index (χ0) is 5.40. The van der Waals surface area contributed by atoms with Crippen molar-refractivity contribution in [2.45, 2.75) is 6.35 Å². The van der Waals surface area contributed by atoms with Gasteiger partial charge in [0.25, 0.3) is 0 Å². The molecule has 0 radical (unpaired) electrons. The molecule has 8 heavy (non-hydrogen) atoms. The van der Waals surface area contributed by atoms with Gasteiger partial charge >= 0.3 is 0 Å². The van der Waals surface area contributed by atoms with E-state index in [1.165, 1.54) is 0 Å². The molecule has 0 aromatic heterocycles. The van der Waals surface area contributed by atoms with Crippen molar-refractivity contribution in [2.75, 3.05) is 19.7 Å². The SMILES string of the molecule is C1=NC2OCCN2C1. The number of hydrogen-bond acceptors (Lipinski definition) is 3. The minimum absolute atomic E-state index is 0.0787. The summed E-state index contributed by atoms with van der Waals surface area (Å²) in [7, 11) is 0. The van der Waals surface area contributed by atoms with Crippen molar-refractivity contribution in [1.82, 2.24) is 4.90 Å². The standard InChI is InChI=1S/C5H8N2O/c1-2-7-3-4-8-5(7)6-1/h1,5H,2-4H2. The van der Waals surface area contributed by atoms with Crippen LogP contribution in [-0.2, 0) is 4.74 Å². The molecule has 0 aromatic carbocycles. The first-order chi connectivity index (χ1) is 3.97. The molecule has 0 N–H and O–H groups in total. The van der Waals surface area contributed by atoms with Gasteiger partial charge < -0.3 is 4.74 Å². The third-order valence-electron chi connectivity index (χ3n) is 1.51. The van der Waals surface area contributed by atoms with E-state index in [0.29, 0.717) is 0 Å². The molecule has 2 heterocycles. The third kappa shape index (κ3) is 0.485. The van der Waals surface area contributed by atoms with Gasteiger partial charge in [0.05, 0.1) is 6.61 Å². The lowest BCUT2D eigenvalue weighted by molar-refractivity contribution is 0.0595. The van der Waals surface area contributed by atoms with E-state index in [0.717, 1.165) is 19.7 Å². The Hall–Kier alpha value is -0.410. The fourth-order valence-corrected chi connectivity index (χ4v) is 1.05. The van der Waals surface area contributed by atoms with Crippen LogP contribution in [-0.4, -0.2) is 37.2 Å². The van der Waals surface area contributed by atoms with Crippen LogP contribution in [0.1, 0.15) is 0 Å². The van der Waals surface area contributed by atoms with Gasteiger partial charge in [-0.1, -0.05) is 0 Å². The van der Waals surface area contributed by atoms with Gasteiger partial charge in [0.2, 0.25) is 6.35 Å². The summed E-state index contributed by atoms with van der Waals surface area (Å²) in [5.41, 5.74) is 0. The van der Waals surface area contributed by atoms with Gasteiger partial charge in [-0.2, -0.15) is 0 Å². The van der Waals surface area contributed by atoms with Crippen molar-refractivity contribution >= 4 is 6.21 Å². The molecule has 44 valence electrons. The summed E-state index contributed by atoms with van der Waals surface area (Å²) in [5, 5.41) is 0. The molecule has 3 heteroatoms. The van der Waals surface area contributed by atoms with Crippen LogP contribution in [0.5, 0.6) is 0 Å². The highest BCUT2D eigenvalue weighted by atomic mass is 16.5. The maximum absolute atomic E-state index is 5.20. The minimum atomic E-state index is 0.0787. The molecule has 1 atom stereocenters. The first kappa shape index (κ1) is 4.47. The Balaban J connectivity index is 2.13. The zero-order valence-electron chi connectivity index (χ0n) is 4.58. The largest absolute Gasteiger partial charge is 0.342 e. The smallest absolute Gasteiger partial charge is 0.206 e. The van der Waals surface area contributed by atoms with Gasteiger partial charge in [-0.3, -0.25) is 9.89 Å². The van der Waals surface area contributed by atoms with Crippen molar-refractivity contribution < 1.29 is 4.74 Å². The van der Waals surface area contributed by atoms with E-state index in [-0.39, 0.29) is 6.35 Å². The van der Waals surface area contributed by atoms with E-state index in [4.69, 9.17) is 4.74 Å². The summed E-state index contributed by atoms with van der Waals surface area (Å²) in [6.07, 6.45) is 1.99. The average Bonchev–Trinajstić information content (AvgIpc) is 2.15. The predicted octanol–water partition coefficient (Wildman–Crippen LogP) is -0.313. The van der Waals surface area contributed by atoms with Gasteiger partial charge in [0.15, 0.2) is 0 Å². The molecule has 1 fully saturated rings. The van der Waals surface area contributed by atoms with E-state index >= 15 is 0 Å². The number of aliphatic imine (C=N–C) groups is 1. The molecular formula is C5H8N2O. The Labute approximate surface area is 48.0 Å². The quantitative estimate of drug-likeness (QED) is 0.429. The first-order valence-electron chi connectivity index (χ1n) is 2.84. The fraction of sp³-hybridized carbons (Fsp3) is 0.800. The highest BCUT2D eigenvalue weighted by Crippen LogP contribution is 2.12. The molecule has 1 saturated heterocycles. The molecule has 2 rings (SSSR count). The van der Waals surface area contributed by atoms with Crippen LogP contribution in [0.15, 0.2) is 4.99 Å². The molecule has 0 amide bonds. The highest BCUT2D eigenvalue weighted by Gasteiger charge is 2.26. The van der Waals surface area contributed by atoms with Crippen molar-refractivity contribution in [1.29, 1.82) is 0 Å². The van der Waals surface area contributed by atoms with Crippen molar-refractivity contribution in [3.63, 3.8) is 0 Å². The third-order valence-corrected chi connectivity index (χ3v) is 1.51. The van der Waals surface area contributed by atoms with Crippen molar-refractivity contribution in [3.05, 3.63) is 0 Å². The second-order valence-corrected chi connectivity index (χ2v) is 2.02. The Morgan fingerprint density at radius 3 is 3.62 bits per heavy atom. The highest BCUT2D eigenvalue weighted by molar-refractivity contribution is 5.61. The molecule has 1 unspecified atom stereocenters. The molecule has 0 aromatic rings. The van der Waals surface area contributed by atoms with Crippen molar-refractivity contribution in [3.8, 4) is 0 Å². The molecule has 0 bridgehead atoms. The lowest BCUT2D eigenvalue weighted by Gasteiger charge is -2.08. The number of ether oxygens (including phenoxy) is 1. The van der Waals surface area contributed by atoms with Crippen LogP contribution in [0.4, 0.5) is 0 Å². The maximum Gasteiger partial charge on any atom is 0.206 e. The van der Waals surface area contributed by atoms with Crippen LogP contribution in [0, 0.1) is 0 Å². The second-order valence-electron chi connectivity index (χ2n) is 2.02. The summed E-state index contributed by atoms with van der Waals surface area (Å²) in [6, 6.07) is 0. The van der Waals surface area contributed by atoms with Crippen LogP contribution < -0.4 is 0 Å². The number of hydrogen-bond donors (Lipinski definition) is 0. The van der Waals surface area contributed by atoms with E-state index in [1.807, 2.05) is 6.21 Å². The minimum Gasteiger partial charge on any atom is -0.342 e. The maximum atomic E-state index is 5.20. The normalized spacial score (nSPS) is 36.2. The molecule has 2 aliphatic rings.